The Hall–Kier alpha value is -1.62. The number of ether oxygens (including phenoxy) is 1. The highest BCUT2D eigenvalue weighted by Crippen LogP contribution is 2.26. The second kappa shape index (κ2) is 4.94. The van der Waals surface area contributed by atoms with Crippen LogP contribution in [0, 0.1) is 0 Å². The highest BCUT2D eigenvalue weighted by atomic mass is 32.1. The third-order valence-corrected chi connectivity index (χ3v) is 3.88. The van der Waals surface area contributed by atoms with Gasteiger partial charge in [-0.15, -0.1) is 11.3 Å². The van der Waals surface area contributed by atoms with Crippen molar-refractivity contribution in [3.63, 3.8) is 0 Å². The van der Waals surface area contributed by atoms with Gasteiger partial charge in [0, 0.05) is 5.38 Å². The second-order valence-corrected chi connectivity index (χ2v) is 5.19. The van der Waals surface area contributed by atoms with E-state index in [2.05, 4.69) is 4.98 Å². The maximum Gasteiger partial charge on any atom is 0.358 e. The molecule has 2 aromatic rings. The van der Waals surface area contributed by atoms with Gasteiger partial charge in [0.15, 0.2) is 16.5 Å². The van der Waals surface area contributed by atoms with Crippen molar-refractivity contribution < 1.29 is 13.9 Å². The molecule has 0 saturated heterocycles. The summed E-state index contributed by atoms with van der Waals surface area (Å²) >= 11 is 1.39. The fourth-order valence-corrected chi connectivity index (χ4v) is 2.85. The van der Waals surface area contributed by atoms with Gasteiger partial charge in [0.2, 0.25) is 0 Å². The van der Waals surface area contributed by atoms with E-state index in [0.29, 0.717) is 16.5 Å². The van der Waals surface area contributed by atoms with Crippen molar-refractivity contribution in [3.05, 3.63) is 29.5 Å². The molecule has 0 unspecified atom stereocenters. The number of aromatic nitrogens is 1. The minimum atomic E-state index is -0.323. The zero-order valence-electron chi connectivity index (χ0n) is 9.80. The number of carbonyl (C=O) groups excluding carboxylic acids is 1. The smallest absolute Gasteiger partial charge is 0.358 e. The summed E-state index contributed by atoms with van der Waals surface area (Å²) in [6.45, 7) is 0. The van der Waals surface area contributed by atoms with Crippen LogP contribution >= 0.6 is 11.3 Å². The summed E-state index contributed by atoms with van der Waals surface area (Å²) in [5, 5.41) is 2.42. The molecule has 0 atom stereocenters. The van der Waals surface area contributed by atoms with Gasteiger partial charge in [-0.1, -0.05) is 0 Å². The average Bonchev–Trinajstić information content (AvgIpc) is 3.11. The molecule has 1 aliphatic rings. The molecule has 2 aromatic heterocycles. The lowest BCUT2D eigenvalue weighted by atomic mass is 10.3. The Morgan fingerprint density at radius 1 is 1.44 bits per heavy atom. The number of hydrogen-bond donors (Lipinski definition) is 0. The van der Waals surface area contributed by atoms with E-state index in [1.54, 1.807) is 17.7 Å². The molecular formula is C13H13NO3S. The van der Waals surface area contributed by atoms with Crippen LogP contribution in [0.2, 0.25) is 0 Å². The van der Waals surface area contributed by atoms with Crippen LogP contribution in [0.3, 0.4) is 0 Å². The van der Waals surface area contributed by atoms with E-state index in [4.69, 9.17) is 9.15 Å². The zero-order chi connectivity index (χ0) is 12.4. The monoisotopic (exact) mass is 263 g/mol. The summed E-state index contributed by atoms with van der Waals surface area (Å²) < 4.78 is 10.6. The first-order chi connectivity index (χ1) is 8.83. The van der Waals surface area contributed by atoms with Gasteiger partial charge in [0.1, 0.15) is 6.10 Å². The highest BCUT2D eigenvalue weighted by molar-refractivity contribution is 7.13. The van der Waals surface area contributed by atoms with E-state index in [9.17, 15) is 4.79 Å². The van der Waals surface area contributed by atoms with Crippen LogP contribution in [0.15, 0.2) is 28.2 Å². The van der Waals surface area contributed by atoms with Crippen molar-refractivity contribution >= 4 is 17.3 Å². The molecule has 1 saturated carbocycles. The van der Waals surface area contributed by atoms with Crippen molar-refractivity contribution in [2.24, 2.45) is 0 Å². The van der Waals surface area contributed by atoms with Crippen LogP contribution < -0.4 is 0 Å². The van der Waals surface area contributed by atoms with Crippen LogP contribution in [-0.2, 0) is 4.74 Å². The molecule has 0 bridgehead atoms. The molecule has 3 rings (SSSR count). The van der Waals surface area contributed by atoms with Crippen molar-refractivity contribution in [1.82, 2.24) is 4.98 Å². The molecular weight excluding hydrogens is 250 g/mol. The SMILES string of the molecule is O=C(OC1CCCC1)c1csc(-c2ccco2)n1. The fraction of sp³-hybridized carbons (Fsp3) is 0.385. The lowest BCUT2D eigenvalue weighted by molar-refractivity contribution is 0.0312. The third kappa shape index (κ3) is 2.31. The van der Waals surface area contributed by atoms with Crippen molar-refractivity contribution in [3.8, 4) is 10.8 Å². The van der Waals surface area contributed by atoms with E-state index in [1.807, 2.05) is 6.07 Å². The minimum absolute atomic E-state index is 0.0752. The van der Waals surface area contributed by atoms with Crippen molar-refractivity contribution in [2.45, 2.75) is 31.8 Å². The number of furan rings is 1. The fourth-order valence-electron chi connectivity index (χ4n) is 2.10. The van der Waals surface area contributed by atoms with Gasteiger partial charge < -0.3 is 9.15 Å². The molecule has 0 radical (unpaired) electrons. The van der Waals surface area contributed by atoms with Gasteiger partial charge >= 0.3 is 5.97 Å². The van der Waals surface area contributed by atoms with E-state index in [-0.39, 0.29) is 12.1 Å². The van der Waals surface area contributed by atoms with Crippen molar-refractivity contribution in [2.75, 3.05) is 0 Å². The Morgan fingerprint density at radius 3 is 3.00 bits per heavy atom. The maximum absolute atomic E-state index is 11.9. The second-order valence-electron chi connectivity index (χ2n) is 4.33. The molecule has 4 nitrogen and oxygen atoms in total. The molecule has 0 aliphatic heterocycles. The predicted molar refractivity (Wildman–Crippen MR) is 67.5 cm³/mol. The van der Waals surface area contributed by atoms with Gasteiger partial charge in [-0.25, -0.2) is 9.78 Å². The van der Waals surface area contributed by atoms with Crippen LogP contribution in [-0.4, -0.2) is 17.1 Å². The summed E-state index contributed by atoms with van der Waals surface area (Å²) in [6, 6.07) is 3.62. The molecule has 1 fully saturated rings. The van der Waals surface area contributed by atoms with Crippen LogP contribution in [0.1, 0.15) is 36.2 Å². The first-order valence-electron chi connectivity index (χ1n) is 6.03. The summed E-state index contributed by atoms with van der Waals surface area (Å²) in [4.78, 5) is 16.1. The summed E-state index contributed by atoms with van der Waals surface area (Å²) in [5.74, 6) is 0.357. The predicted octanol–water partition coefficient (Wildman–Crippen LogP) is 3.50. The lowest BCUT2D eigenvalue weighted by Crippen LogP contribution is -2.14. The first kappa shape index (κ1) is 11.5. The average molecular weight is 263 g/mol. The normalized spacial score (nSPS) is 16.0. The summed E-state index contributed by atoms with van der Waals surface area (Å²) in [7, 11) is 0. The molecule has 2 heterocycles. The van der Waals surface area contributed by atoms with Crippen LogP contribution in [0.25, 0.3) is 10.8 Å². The molecule has 94 valence electrons. The summed E-state index contributed by atoms with van der Waals surface area (Å²) in [5.41, 5.74) is 0.373. The van der Waals surface area contributed by atoms with Crippen molar-refractivity contribution in [1.29, 1.82) is 0 Å². The minimum Gasteiger partial charge on any atom is -0.462 e. The molecule has 5 heteroatoms. The first-order valence-corrected chi connectivity index (χ1v) is 6.91. The number of esters is 1. The van der Waals surface area contributed by atoms with Crippen LogP contribution in [0.4, 0.5) is 0 Å². The molecule has 0 N–H and O–H groups in total. The van der Waals surface area contributed by atoms with Gasteiger partial charge in [0.25, 0.3) is 0 Å². The Morgan fingerprint density at radius 2 is 2.28 bits per heavy atom. The molecule has 1 aliphatic carbocycles. The Kier molecular flexibility index (Phi) is 3.15. The Labute approximate surface area is 109 Å². The lowest BCUT2D eigenvalue weighted by Gasteiger charge is -2.09. The molecule has 0 amide bonds. The van der Waals surface area contributed by atoms with Gasteiger partial charge in [0.05, 0.1) is 6.26 Å². The number of nitrogens with zero attached hydrogens (tertiary/aromatic N) is 1. The molecule has 18 heavy (non-hydrogen) atoms. The zero-order valence-corrected chi connectivity index (χ0v) is 10.6. The van der Waals surface area contributed by atoms with E-state index < -0.39 is 0 Å². The van der Waals surface area contributed by atoms with E-state index in [1.165, 1.54) is 11.3 Å². The standard InChI is InChI=1S/C13H13NO3S/c15-13(17-9-4-1-2-5-9)10-8-18-12(14-10)11-6-3-7-16-11/h3,6-9H,1-2,4-5H2. The maximum atomic E-state index is 11.9. The molecule has 0 spiro atoms. The van der Waals surface area contributed by atoms with Crippen LogP contribution in [0.5, 0.6) is 0 Å². The summed E-state index contributed by atoms with van der Waals surface area (Å²) in [6.07, 6.45) is 5.90. The largest absolute Gasteiger partial charge is 0.462 e. The number of rotatable bonds is 3. The van der Waals surface area contributed by atoms with Gasteiger partial charge in [-0.2, -0.15) is 0 Å². The number of thiazole rings is 1. The highest BCUT2D eigenvalue weighted by Gasteiger charge is 2.22. The Bertz CT molecular complexity index is 526. The quantitative estimate of drug-likeness (QED) is 0.795. The van der Waals surface area contributed by atoms with Gasteiger partial charge in [-0.3, -0.25) is 0 Å². The topological polar surface area (TPSA) is 52.3 Å². The third-order valence-electron chi connectivity index (χ3n) is 3.02. The molecule has 0 aromatic carbocycles. The van der Waals surface area contributed by atoms with Gasteiger partial charge in [-0.05, 0) is 37.8 Å². The number of hydrogen-bond acceptors (Lipinski definition) is 5. The number of carbonyl (C=O) groups is 1. The Balaban J connectivity index is 1.70. The van der Waals surface area contributed by atoms with E-state index >= 15 is 0 Å². The van der Waals surface area contributed by atoms with E-state index in [0.717, 1.165) is 25.7 Å².